The lowest BCUT2D eigenvalue weighted by Gasteiger charge is -2.15. The third-order valence-corrected chi connectivity index (χ3v) is 5.90. The van der Waals surface area contributed by atoms with Crippen LogP contribution in [0.1, 0.15) is 21.5 Å². The van der Waals surface area contributed by atoms with Crippen LogP contribution in [0.5, 0.6) is 5.75 Å². The van der Waals surface area contributed by atoms with Gasteiger partial charge in [-0.2, -0.15) is 0 Å². The number of rotatable bonds is 8. The van der Waals surface area contributed by atoms with Crippen molar-refractivity contribution in [2.24, 2.45) is 0 Å². The molecule has 0 heterocycles. The number of aromatic carboxylic acids is 1. The van der Waals surface area contributed by atoms with Gasteiger partial charge >= 0.3 is 12.3 Å². The zero-order chi connectivity index (χ0) is 23.4. The highest BCUT2D eigenvalue weighted by Gasteiger charge is 2.34. The van der Waals surface area contributed by atoms with Crippen molar-refractivity contribution in [1.29, 1.82) is 0 Å². The van der Waals surface area contributed by atoms with Gasteiger partial charge in [0.1, 0.15) is 10.6 Å². The summed E-state index contributed by atoms with van der Waals surface area (Å²) in [5.74, 6) is -1.88. The largest absolute Gasteiger partial charge is 0.573 e. The summed E-state index contributed by atoms with van der Waals surface area (Å²) in [6.07, 6.45) is -4.22. The number of anilines is 1. The van der Waals surface area contributed by atoms with Crippen molar-refractivity contribution in [2.75, 3.05) is 4.72 Å². The van der Waals surface area contributed by atoms with E-state index in [4.69, 9.17) is 0 Å². The predicted molar refractivity (Wildman–Crippen MR) is 111 cm³/mol. The third kappa shape index (κ3) is 6.01. The first-order valence-corrected chi connectivity index (χ1v) is 10.8. The van der Waals surface area contributed by atoms with E-state index in [9.17, 15) is 31.5 Å². The molecule has 0 bridgehead atoms. The fourth-order valence-electron chi connectivity index (χ4n) is 3.11. The highest BCUT2D eigenvalue weighted by atomic mass is 32.2. The Bertz CT molecular complexity index is 1230. The number of hydrogen-bond donors (Lipinski definition) is 2. The topological polar surface area (TPSA) is 92.7 Å². The van der Waals surface area contributed by atoms with E-state index in [0.717, 1.165) is 12.1 Å². The normalized spacial score (nSPS) is 11.7. The zero-order valence-electron chi connectivity index (χ0n) is 16.5. The molecule has 3 rings (SSSR count). The zero-order valence-corrected chi connectivity index (χ0v) is 17.3. The van der Waals surface area contributed by atoms with Gasteiger partial charge in [-0.25, -0.2) is 13.2 Å². The van der Waals surface area contributed by atoms with E-state index in [1.165, 1.54) is 30.3 Å². The maximum Gasteiger partial charge on any atom is 0.573 e. The second-order valence-corrected chi connectivity index (χ2v) is 8.41. The summed E-state index contributed by atoms with van der Waals surface area (Å²) >= 11 is 0. The van der Waals surface area contributed by atoms with Crippen LogP contribution in [0.2, 0.25) is 0 Å². The number of aryl methyl sites for hydroxylation is 2. The summed E-state index contributed by atoms with van der Waals surface area (Å²) in [6, 6.07) is 17.3. The lowest BCUT2D eigenvalue weighted by molar-refractivity contribution is -0.275. The number of sulfonamides is 1. The molecule has 0 spiro atoms. The first kappa shape index (κ1) is 23.1. The Morgan fingerprint density at radius 3 is 2.34 bits per heavy atom. The molecule has 3 aromatic rings. The van der Waals surface area contributed by atoms with Crippen molar-refractivity contribution in [3.8, 4) is 5.75 Å². The lowest BCUT2D eigenvalue weighted by atomic mass is 10.00. The number of nitrogens with one attached hydrogen (secondary N) is 1. The van der Waals surface area contributed by atoms with E-state index < -0.39 is 33.0 Å². The van der Waals surface area contributed by atoms with Gasteiger partial charge in [0.05, 0.1) is 5.56 Å². The SMILES string of the molecule is O=C(O)c1ccccc1CCc1cccc(NS(=O)(=O)c2ccccc2OC(F)(F)F)c1. The molecular weight excluding hydrogens is 447 g/mol. The van der Waals surface area contributed by atoms with Crippen LogP contribution in [0.3, 0.4) is 0 Å². The summed E-state index contributed by atoms with van der Waals surface area (Å²) in [7, 11) is -4.37. The molecule has 3 aromatic carbocycles. The molecule has 0 unspecified atom stereocenters. The molecule has 10 heteroatoms. The van der Waals surface area contributed by atoms with Crippen molar-refractivity contribution in [3.05, 3.63) is 89.5 Å². The summed E-state index contributed by atoms with van der Waals surface area (Å²) in [5, 5.41) is 9.28. The van der Waals surface area contributed by atoms with Gasteiger partial charge in [0.25, 0.3) is 10.0 Å². The van der Waals surface area contributed by atoms with Crippen LogP contribution in [-0.4, -0.2) is 25.9 Å². The quantitative estimate of drug-likeness (QED) is 0.495. The fraction of sp³-hybridized carbons (Fsp3) is 0.136. The Labute approximate surface area is 182 Å². The number of halogens is 3. The Morgan fingerprint density at radius 2 is 1.62 bits per heavy atom. The molecule has 0 aromatic heterocycles. The molecule has 0 fully saturated rings. The monoisotopic (exact) mass is 465 g/mol. The highest BCUT2D eigenvalue weighted by molar-refractivity contribution is 7.92. The Morgan fingerprint density at radius 1 is 0.938 bits per heavy atom. The van der Waals surface area contributed by atoms with Crippen LogP contribution in [-0.2, 0) is 22.9 Å². The second-order valence-electron chi connectivity index (χ2n) is 6.76. The summed E-state index contributed by atoms with van der Waals surface area (Å²) in [6.45, 7) is 0. The minimum atomic E-state index is -5.04. The van der Waals surface area contributed by atoms with Gasteiger partial charge in [-0.3, -0.25) is 4.72 Å². The van der Waals surface area contributed by atoms with Crippen molar-refractivity contribution >= 4 is 21.7 Å². The molecule has 32 heavy (non-hydrogen) atoms. The number of benzene rings is 3. The predicted octanol–water partition coefficient (Wildman–Crippen LogP) is 4.87. The van der Waals surface area contributed by atoms with Gasteiger partial charge < -0.3 is 9.84 Å². The molecule has 6 nitrogen and oxygen atoms in total. The molecule has 0 saturated heterocycles. The number of carboxylic acid groups (broad SMARTS) is 1. The van der Waals surface area contributed by atoms with Crippen LogP contribution in [0.25, 0.3) is 0 Å². The molecule has 0 aliphatic carbocycles. The standard InChI is InChI=1S/C22H18F3NO5S/c23-22(24,25)31-19-10-3-4-11-20(19)32(29,30)26-17-8-5-6-15(14-17)12-13-16-7-1-2-9-18(16)21(27)28/h1-11,14,26H,12-13H2,(H,27,28). The fourth-order valence-corrected chi connectivity index (χ4v) is 4.29. The van der Waals surface area contributed by atoms with Crippen LogP contribution < -0.4 is 9.46 Å². The van der Waals surface area contributed by atoms with E-state index in [1.54, 1.807) is 30.3 Å². The number of ether oxygens (including phenoxy) is 1. The molecule has 0 radical (unpaired) electrons. The van der Waals surface area contributed by atoms with Crippen molar-refractivity contribution in [3.63, 3.8) is 0 Å². The first-order valence-electron chi connectivity index (χ1n) is 9.33. The molecule has 0 aliphatic heterocycles. The van der Waals surface area contributed by atoms with E-state index in [1.807, 2.05) is 0 Å². The summed E-state index contributed by atoms with van der Waals surface area (Å²) < 4.78 is 69.3. The average Bonchev–Trinajstić information content (AvgIpc) is 2.71. The van der Waals surface area contributed by atoms with Gasteiger partial charge in [0.2, 0.25) is 0 Å². The molecular formula is C22H18F3NO5S. The minimum absolute atomic E-state index is 0.149. The number of carbonyl (C=O) groups is 1. The second kappa shape index (κ2) is 9.31. The number of para-hydroxylation sites is 1. The molecule has 0 saturated carbocycles. The number of alkyl halides is 3. The van der Waals surface area contributed by atoms with Crippen LogP contribution in [0.15, 0.2) is 77.7 Å². The average molecular weight is 465 g/mol. The number of hydrogen-bond acceptors (Lipinski definition) is 4. The van der Waals surface area contributed by atoms with Crippen molar-refractivity contribution < 1.29 is 36.2 Å². The van der Waals surface area contributed by atoms with Crippen LogP contribution >= 0.6 is 0 Å². The molecule has 0 aliphatic rings. The molecule has 0 amide bonds. The van der Waals surface area contributed by atoms with Crippen molar-refractivity contribution in [1.82, 2.24) is 0 Å². The van der Waals surface area contributed by atoms with E-state index in [-0.39, 0.29) is 11.3 Å². The minimum Gasteiger partial charge on any atom is -0.478 e. The third-order valence-electron chi connectivity index (χ3n) is 4.47. The van der Waals surface area contributed by atoms with Crippen LogP contribution in [0.4, 0.5) is 18.9 Å². The molecule has 0 atom stereocenters. The van der Waals surface area contributed by atoms with Gasteiger partial charge in [0.15, 0.2) is 0 Å². The van der Waals surface area contributed by atoms with Gasteiger partial charge in [-0.05, 0) is 54.3 Å². The van der Waals surface area contributed by atoms with Gasteiger partial charge in [-0.1, -0.05) is 42.5 Å². The Kier molecular flexibility index (Phi) is 6.73. The van der Waals surface area contributed by atoms with Gasteiger partial charge in [0, 0.05) is 5.69 Å². The van der Waals surface area contributed by atoms with E-state index >= 15 is 0 Å². The summed E-state index contributed by atoms with van der Waals surface area (Å²) in [5.41, 5.74) is 1.68. The Balaban J connectivity index is 1.79. The van der Waals surface area contributed by atoms with E-state index in [0.29, 0.717) is 24.0 Å². The smallest absolute Gasteiger partial charge is 0.478 e. The van der Waals surface area contributed by atoms with E-state index in [2.05, 4.69) is 9.46 Å². The lowest BCUT2D eigenvalue weighted by Crippen LogP contribution is -2.20. The number of carboxylic acids is 1. The Hall–Kier alpha value is -3.53. The van der Waals surface area contributed by atoms with Gasteiger partial charge in [-0.15, -0.1) is 13.2 Å². The molecule has 168 valence electrons. The van der Waals surface area contributed by atoms with Crippen LogP contribution in [0, 0.1) is 0 Å². The summed E-state index contributed by atoms with van der Waals surface area (Å²) in [4.78, 5) is 10.7. The maximum atomic E-state index is 12.7. The highest BCUT2D eigenvalue weighted by Crippen LogP contribution is 2.30. The maximum absolute atomic E-state index is 12.7. The first-order chi connectivity index (χ1) is 15.0. The van der Waals surface area contributed by atoms with Crippen molar-refractivity contribution in [2.45, 2.75) is 24.1 Å². The molecule has 2 N–H and O–H groups in total.